The van der Waals surface area contributed by atoms with Gasteiger partial charge >= 0.3 is 11.9 Å². The molecule has 0 saturated heterocycles. The Morgan fingerprint density at radius 3 is 1.92 bits per heavy atom. The second-order valence-electron chi connectivity index (χ2n) is 2.41. The van der Waals surface area contributed by atoms with E-state index in [1.165, 1.54) is 0 Å². The van der Waals surface area contributed by atoms with Crippen molar-refractivity contribution in [3.63, 3.8) is 0 Å². The zero-order chi connectivity index (χ0) is 10.4. The third-order valence-corrected chi connectivity index (χ3v) is 1.89. The summed E-state index contributed by atoms with van der Waals surface area (Å²) in [6.45, 7) is 0. The molecule has 0 rings (SSSR count). The number of carboxylic acid groups (broad SMARTS) is 2. The maximum Gasteiger partial charge on any atom is 0.304 e. The second kappa shape index (κ2) is 5.64. The van der Waals surface area contributed by atoms with Crippen molar-refractivity contribution in [2.75, 3.05) is 0 Å². The van der Waals surface area contributed by atoms with Gasteiger partial charge in [0.15, 0.2) is 0 Å². The Kier molecular flexibility index (Phi) is 5.22. The zero-order valence-corrected chi connectivity index (χ0v) is 7.48. The van der Waals surface area contributed by atoms with Gasteiger partial charge in [-0.1, -0.05) is 0 Å². The topological polar surface area (TPSA) is 118 Å². The zero-order valence-electron chi connectivity index (χ0n) is 6.58. The van der Waals surface area contributed by atoms with Gasteiger partial charge in [0.2, 0.25) is 8.00 Å². The van der Waals surface area contributed by atoms with Crippen molar-refractivity contribution in [1.82, 2.24) is 0 Å². The van der Waals surface area contributed by atoms with Gasteiger partial charge in [-0.2, -0.15) is 4.89 Å². The summed E-state index contributed by atoms with van der Waals surface area (Å²) in [5.41, 5.74) is 0. The summed E-state index contributed by atoms with van der Waals surface area (Å²) in [7, 11) is -2.60. The molecule has 0 spiro atoms. The maximum absolute atomic E-state index is 10.3. The van der Waals surface area contributed by atoms with E-state index >= 15 is 0 Å². The van der Waals surface area contributed by atoms with E-state index in [4.69, 9.17) is 15.1 Å². The van der Waals surface area contributed by atoms with Crippen LogP contribution < -0.4 is 4.89 Å². The average Bonchev–Trinajstić information content (AvgIpc) is 1.80. The Bertz CT molecular complexity index is 215. The van der Waals surface area contributed by atoms with Crippen molar-refractivity contribution in [2.24, 2.45) is 5.92 Å². The van der Waals surface area contributed by atoms with Gasteiger partial charge in [0.25, 0.3) is 0 Å². The van der Waals surface area contributed by atoms with Crippen LogP contribution in [0.4, 0.5) is 0 Å². The molecule has 74 valence electrons. The molecule has 0 heterocycles. The van der Waals surface area contributed by atoms with Crippen LogP contribution in [0.2, 0.25) is 0 Å². The molecule has 3 N–H and O–H groups in total. The van der Waals surface area contributed by atoms with E-state index in [-0.39, 0.29) is 0 Å². The first-order valence-corrected chi connectivity index (χ1v) is 4.63. The average molecular weight is 208 g/mol. The van der Waals surface area contributed by atoms with Crippen LogP contribution in [-0.4, -0.2) is 32.8 Å². The van der Waals surface area contributed by atoms with Crippen LogP contribution >= 0.6 is 8.00 Å². The van der Waals surface area contributed by atoms with Crippen molar-refractivity contribution in [3.05, 3.63) is 0 Å². The van der Waals surface area contributed by atoms with E-state index in [1.807, 2.05) is 0 Å². The molecule has 0 aromatic carbocycles. The SMILES string of the molecule is O=C(O)CC(C=[P+]([O-])O)CC(=O)O. The van der Waals surface area contributed by atoms with Gasteiger partial charge in [0, 0.05) is 5.92 Å². The molecule has 1 unspecified atom stereocenters. The minimum atomic E-state index is -2.60. The Hall–Kier alpha value is -0.970. The Morgan fingerprint density at radius 2 is 1.69 bits per heavy atom. The highest BCUT2D eigenvalue weighted by atomic mass is 31.1. The lowest BCUT2D eigenvalue weighted by molar-refractivity contribution is -0.167. The maximum atomic E-state index is 10.3. The number of hydrogen-bond acceptors (Lipinski definition) is 4. The lowest BCUT2D eigenvalue weighted by Crippen LogP contribution is -2.14. The molecule has 0 saturated carbocycles. The molecule has 0 fully saturated rings. The summed E-state index contributed by atoms with van der Waals surface area (Å²) in [6, 6.07) is 0. The van der Waals surface area contributed by atoms with Gasteiger partial charge in [-0.3, -0.25) is 9.59 Å². The van der Waals surface area contributed by atoms with Gasteiger partial charge < -0.3 is 15.1 Å². The third-order valence-electron chi connectivity index (χ3n) is 1.21. The normalized spacial score (nSPS) is 11.8. The molecule has 0 aliphatic carbocycles. The van der Waals surface area contributed by atoms with Crippen molar-refractivity contribution in [3.8, 4) is 0 Å². The van der Waals surface area contributed by atoms with Gasteiger partial charge in [0.1, 0.15) is 5.80 Å². The number of carboxylic acids is 2. The summed E-state index contributed by atoms with van der Waals surface area (Å²) in [6.07, 6.45) is -0.901. The first-order valence-electron chi connectivity index (χ1n) is 3.35. The molecule has 0 aromatic heterocycles. The van der Waals surface area contributed by atoms with Crippen molar-refractivity contribution in [1.29, 1.82) is 0 Å². The molecule has 6 nitrogen and oxygen atoms in total. The fourth-order valence-electron chi connectivity index (χ4n) is 0.807. The number of aliphatic carboxylic acids is 2. The highest BCUT2D eigenvalue weighted by molar-refractivity contribution is 7.43. The van der Waals surface area contributed by atoms with E-state index in [2.05, 4.69) is 0 Å². The van der Waals surface area contributed by atoms with E-state index in [0.717, 1.165) is 5.80 Å². The molecule has 7 heteroatoms. The van der Waals surface area contributed by atoms with Gasteiger partial charge in [-0.15, -0.1) is 0 Å². The van der Waals surface area contributed by atoms with Gasteiger partial charge in [-0.25, -0.2) is 0 Å². The molecule has 1 atom stereocenters. The highest BCUT2D eigenvalue weighted by Gasteiger charge is 2.17. The monoisotopic (exact) mass is 208 g/mol. The highest BCUT2D eigenvalue weighted by Crippen LogP contribution is 2.12. The van der Waals surface area contributed by atoms with E-state index in [9.17, 15) is 14.5 Å². The number of carbonyl (C=O) groups is 2. The Labute approximate surface area is 75.0 Å². The number of rotatable bonds is 5. The molecule has 0 radical (unpaired) electrons. The van der Waals surface area contributed by atoms with Crippen LogP contribution in [0.25, 0.3) is 0 Å². The summed E-state index contributed by atoms with van der Waals surface area (Å²) < 4.78 is 0. The molecular weight excluding hydrogens is 199 g/mol. The predicted molar refractivity (Wildman–Crippen MR) is 43.2 cm³/mol. The van der Waals surface area contributed by atoms with Crippen LogP contribution in [0.1, 0.15) is 12.8 Å². The first-order chi connectivity index (χ1) is 5.91. The Balaban J connectivity index is 4.27. The first kappa shape index (κ1) is 12.0. The van der Waals surface area contributed by atoms with Crippen LogP contribution in [0.3, 0.4) is 0 Å². The van der Waals surface area contributed by atoms with Gasteiger partial charge in [-0.05, 0) is 0 Å². The van der Waals surface area contributed by atoms with Crippen molar-refractivity contribution in [2.45, 2.75) is 12.8 Å². The van der Waals surface area contributed by atoms with Crippen molar-refractivity contribution < 1.29 is 29.6 Å². The smallest absolute Gasteiger partial charge is 0.304 e. The number of hydrogen-bond donors (Lipinski definition) is 3. The molecule has 0 aliphatic rings. The lowest BCUT2D eigenvalue weighted by atomic mass is 10.0. The standard InChI is InChI=1S/C6H9O6P/c7-5(8)1-4(2-6(9)10)3-13(11)12/h3-4H,1-2H2,(H,7,8)(H,9,10)(H,11,12). The largest absolute Gasteiger partial charge is 0.603 e. The minimum Gasteiger partial charge on any atom is -0.603 e. The predicted octanol–water partition coefficient (Wildman–Crippen LogP) is -0.981. The molecule has 13 heavy (non-hydrogen) atoms. The molecule has 0 aromatic rings. The fourth-order valence-corrected chi connectivity index (χ4v) is 1.38. The summed E-state index contributed by atoms with van der Waals surface area (Å²) in [5.74, 6) is -2.46. The van der Waals surface area contributed by atoms with E-state index in [1.54, 1.807) is 0 Å². The quantitative estimate of drug-likeness (QED) is 0.499. The van der Waals surface area contributed by atoms with E-state index in [0.29, 0.717) is 0 Å². The van der Waals surface area contributed by atoms with Crippen LogP contribution in [0.5, 0.6) is 0 Å². The third kappa shape index (κ3) is 7.39. The van der Waals surface area contributed by atoms with Crippen LogP contribution in [-0.2, 0) is 9.59 Å². The van der Waals surface area contributed by atoms with Crippen LogP contribution in [0.15, 0.2) is 0 Å². The molecule has 0 bridgehead atoms. The lowest BCUT2D eigenvalue weighted by Gasteiger charge is -2.03. The van der Waals surface area contributed by atoms with Gasteiger partial charge in [0.05, 0.1) is 12.8 Å². The summed E-state index contributed by atoms with van der Waals surface area (Å²) in [4.78, 5) is 39.1. The van der Waals surface area contributed by atoms with E-state index < -0.39 is 38.7 Å². The molecular formula is C6H9O6P. The minimum absolute atomic E-state index is 0.450. The summed E-state index contributed by atoms with van der Waals surface area (Å²) in [5, 5.41) is 16.6. The van der Waals surface area contributed by atoms with Crippen molar-refractivity contribution >= 4 is 25.7 Å². The molecule has 0 amide bonds. The summed E-state index contributed by atoms with van der Waals surface area (Å²) >= 11 is 0. The van der Waals surface area contributed by atoms with Crippen LogP contribution in [0, 0.1) is 5.92 Å². The second-order valence-corrected chi connectivity index (χ2v) is 3.31. The molecule has 0 aliphatic heterocycles. The Morgan fingerprint density at radius 1 is 1.31 bits per heavy atom. The fraction of sp³-hybridized carbons (Fsp3) is 0.500.